The Morgan fingerprint density at radius 3 is 2.50 bits per heavy atom. The summed E-state index contributed by atoms with van der Waals surface area (Å²) in [5, 5.41) is 20.3. The van der Waals surface area contributed by atoms with Crippen LogP contribution in [-0.2, 0) is 4.79 Å². The molecule has 2 unspecified atom stereocenters. The first-order valence-electron chi connectivity index (χ1n) is 3.28. The molecule has 1 rings (SSSR count). The number of aliphatic hydroxyl groups is 1. The van der Waals surface area contributed by atoms with E-state index < -0.39 is 18.1 Å². The van der Waals surface area contributed by atoms with Crippen LogP contribution in [0.1, 0.15) is 13.3 Å². The van der Waals surface area contributed by atoms with Crippen LogP contribution in [0.15, 0.2) is 0 Å². The fourth-order valence-electron chi connectivity index (χ4n) is 1.11. The van der Waals surface area contributed by atoms with Crippen LogP contribution in [0, 0.1) is 0 Å². The fraction of sp³-hybridized carbons (Fsp3) is 0.833. The van der Waals surface area contributed by atoms with E-state index in [2.05, 4.69) is 5.32 Å². The maximum absolute atomic E-state index is 10.3. The maximum atomic E-state index is 10.3. The Labute approximate surface area is 58.9 Å². The number of aliphatic hydroxyl groups excluding tert-OH is 1. The highest BCUT2D eigenvalue weighted by Gasteiger charge is 2.33. The first kappa shape index (κ1) is 7.50. The van der Waals surface area contributed by atoms with Gasteiger partial charge >= 0.3 is 5.97 Å². The molecule has 10 heavy (non-hydrogen) atoms. The van der Waals surface area contributed by atoms with Crippen LogP contribution in [0.3, 0.4) is 0 Å². The summed E-state index contributed by atoms with van der Waals surface area (Å²) in [5.41, 5.74) is 0. The minimum atomic E-state index is -0.886. The van der Waals surface area contributed by atoms with Crippen molar-refractivity contribution in [1.82, 2.24) is 5.32 Å². The van der Waals surface area contributed by atoms with Gasteiger partial charge < -0.3 is 10.2 Å². The molecule has 58 valence electrons. The number of aliphatic carboxylic acids is 1. The van der Waals surface area contributed by atoms with Crippen LogP contribution < -0.4 is 5.32 Å². The van der Waals surface area contributed by atoms with Gasteiger partial charge in [0.05, 0.1) is 6.10 Å². The summed E-state index contributed by atoms with van der Waals surface area (Å²) in [6, 6.07) is -0.661. The average molecular weight is 145 g/mol. The molecule has 3 atom stereocenters. The predicted octanol–water partition coefficient (Wildman–Crippen LogP) is -0.818. The lowest BCUT2D eigenvalue weighted by Crippen LogP contribution is -2.34. The Morgan fingerprint density at radius 1 is 1.70 bits per heavy atom. The standard InChI is InChI=1S/C6H11NO3/c1-3-5(8)2-4(7-3)6(9)10/h3-5,7-8H,2H2,1H3,(H,9,10)/t3-,4?,5?/m1/s1. The van der Waals surface area contributed by atoms with E-state index in [1.165, 1.54) is 0 Å². The molecule has 1 aliphatic heterocycles. The summed E-state index contributed by atoms with van der Waals surface area (Å²) in [6.45, 7) is 1.77. The van der Waals surface area contributed by atoms with E-state index in [-0.39, 0.29) is 6.04 Å². The Bertz CT molecular complexity index is 138. The second kappa shape index (κ2) is 2.56. The summed E-state index contributed by atoms with van der Waals surface area (Å²) in [6.07, 6.45) is -0.197. The van der Waals surface area contributed by atoms with Gasteiger partial charge in [-0.3, -0.25) is 10.1 Å². The summed E-state index contributed by atoms with van der Waals surface area (Å²) in [7, 11) is 0. The maximum Gasteiger partial charge on any atom is 0.320 e. The molecule has 1 fully saturated rings. The first-order valence-corrected chi connectivity index (χ1v) is 3.28. The quantitative estimate of drug-likeness (QED) is 0.451. The van der Waals surface area contributed by atoms with Gasteiger partial charge in [0.15, 0.2) is 0 Å². The Balaban J connectivity index is 2.49. The second-order valence-corrected chi connectivity index (χ2v) is 2.65. The van der Waals surface area contributed by atoms with Gasteiger partial charge in [-0.05, 0) is 6.92 Å². The molecular weight excluding hydrogens is 134 g/mol. The van der Waals surface area contributed by atoms with Crippen molar-refractivity contribution in [1.29, 1.82) is 0 Å². The zero-order chi connectivity index (χ0) is 7.72. The Kier molecular flexibility index (Phi) is 1.92. The third kappa shape index (κ3) is 1.27. The van der Waals surface area contributed by atoms with E-state index in [1.54, 1.807) is 6.92 Å². The Hall–Kier alpha value is -0.610. The lowest BCUT2D eigenvalue weighted by Gasteiger charge is -2.05. The van der Waals surface area contributed by atoms with Gasteiger partial charge in [0.25, 0.3) is 0 Å². The van der Waals surface area contributed by atoms with Gasteiger partial charge in [-0.1, -0.05) is 0 Å². The lowest BCUT2D eigenvalue weighted by molar-refractivity contribution is -0.139. The van der Waals surface area contributed by atoms with E-state index in [4.69, 9.17) is 10.2 Å². The molecule has 3 N–H and O–H groups in total. The lowest BCUT2D eigenvalue weighted by atomic mass is 10.1. The van der Waals surface area contributed by atoms with Gasteiger partial charge in [-0.25, -0.2) is 0 Å². The zero-order valence-electron chi connectivity index (χ0n) is 5.74. The van der Waals surface area contributed by atoms with Crippen LogP contribution in [-0.4, -0.2) is 34.4 Å². The summed E-state index contributed by atoms with van der Waals surface area (Å²) in [5.74, 6) is -0.886. The van der Waals surface area contributed by atoms with Gasteiger partial charge in [-0.2, -0.15) is 0 Å². The molecule has 0 saturated carbocycles. The monoisotopic (exact) mass is 145 g/mol. The first-order chi connectivity index (χ1) is 4.61. The highest BCUT2D eigenvalue weighted by Crippen LogP contribution is 2.12. The van der Waals surface area contributed by atoms with Crippen molar-refractivity contribution in [3.05, 3.63) is 0 Å². The zero-order valence-corrected chi connectivity index (χ0v) is 5.74. The summed E-state index contributed by atoms with van der Waals surface area (Å²) in [4.78, 5) is 10.3. The molecule has 0 radical (unpaired) electrons. The van der Waals surface area contributed by atoms with E-state index in [0.717, 1.165) is 0 Å². The van der Waals surface area contributed by atoms with E-state index in [1.807, 2.05) is 0 Å². The normalized spacial score (nSPS) is 40.0. The van der Waals surface area contributed by atoms with Gasteiger partial charge in [0, 0.05) is 12.5 Å². The van der Waals surface area contributed by atoms with E-state index in [0.29, 0.717) is 6.42 Å². The van der Waals surface area contributed by atoms with Crippen molar-refractivity contribution >= 4 is 5.97 Å². The molecule has 0 amide bonds. The molecule has 0 aliphatic carbocycles. The van der Waals surface area contributed by atoms with E-state index >= 15 is 0 Å². The highest BCUT2D eigenvalue weighted by molar-refractivity contribution is 5.74. The van der Waals surface area contributed by atoms with Crippen LogP contribution in [0.4, 0.5) is 0 Å². The van der Waals surface area contributed by atoms with Gasteiger partial charge in [0.2, 0.25) is 0 Å². The minimum Gasteiger partial charge on any atom is -0.480 e. The molecule has 4 heteroatoms. The number of carboxylic acid groups (broad SMARTS) is 1. The molecule has 1 aliphatic rings. The number of carboxylic acids is 1. The van der Waals surface area contributed by atoms with Crippen molar-refractivity contribution in [3.63, 3.8) is 0 Å². The van der Waals surface area contributed by atoms with Crippen molar-refractivity contribution in [2.24, 2.45) is 0 Å². The van der Waals surface area contributed by atoms with Crippen LogP contribution >= 0.6 is 0 Å². The third-order valence-corrected chi connectivity index (χ3v) is 1.82. The van der Waals surface area contributed by atoms with Crippen LogP contribution in [0.5, 0.6) is 0 Å². The number of hydrogen-bond acceptors (Lipinski definition) is 3. The third-order valence-electron chi connectivity index (χ3n) is 1.82. The largest absolute Gasteiger partial charge is 0.480 e. The molecule has 0 aromatic rings. The van der Waals surface area contributed by atoms with Crippen molar-refractivity contribution < 1.29 is 15.0 Å². The van der Waals surface area contributed by atoms with Crippen molar-refractivity contribution in [2.75, 3.05) is 0 Å². The van der Waals surface area contributed by atoms with Gasteiger partial charge in [-0.15, -0.1) is 0 Å². The second-order valence-electron chi connectivity index (χ2n) is 2.65. The number of hydrogen-bond donors (Lipinski definition) is 3. The number of nitrogens with one attached hydrogen (secondary N) is 1. The predicted molar refractivity (Wildman–Crippen MR) is 34.6 cm³/mol. The molecule has 0 aromatic carbocycles. The van der Waals surface area contributed by atoms with Gasteiger partial charge in [0.1, 0.15) is 6.04 Å². The molecule has 1 saturated heterocycles. The summed E-state index contributed by atoms with van der Waals surface area (Å²) < 4.78 is 0. The minimum absolute atomic E-state index is 0.0962. The molecular formula is C6H11NO3. The smallest absolute Gasteiger partial charge is 0.320 e. The molecule has 0 spiro atoms. The summed E-state index contributed by atoms with van der Waals surface area (Å²) >= 11 is 0. The van der Waals surface area contributed by atoms with Crippen molar-refractivity contribution in [3.8, 4) is 0 Å². The highest BCUT2D eigenvalue weighted by atomic mass is 16.4. The Morgan fingerprint density at radius 2 is 2.30 bits per heavy atom. The number of rotatable bonds is 1. The number of carbonyl (C=O) groups is 1. The topological polar surface area (TPSA) is 69.6 Å². The van der Waals surface area contributed by atoms with Crippen LogP contribution in [0.25, 0.3) is 0 Å². The average Bonchev–Trinajstić information content (AvgIpc) is 2.13. The SMILES string of the molecule is C[C@H]1NC(C(=O)O)CC1O. The fourth-order valence-corrected chi connectivity index (χ4v) is 1.11. The molecule has 4 nitrogen and oxygen atoms in total. The molecule has 0 bridgehead atoms. The van der Waals surface area contributed by atoms with Crippen molar-refractivity contribution in [2.45, 2.75) is 31.5 Å². The molecule has 1 heterocycles. The molecule has 0 aromatic heterocycles. The van der Waals surface area contributed by atoms with Crippen LogP contribution in [0.2, 0.25) is 0 Å². The van der Waals surface area contributed by atoms with E-state index in [9.17, 15) is 4.79 Å².